The van der Waals surface area contributed by atoms with Gasteiger partial charge in [0.25, 0.3) is 0 Å². The minimum absolute atomic E-state index is 0.0409. The number of ether oxygens (including phenoxy) is 1. The molecule has 6 rings (SSSR count). The highest BCUT2D eigenvalue weighted by atomic mass is 32.2. The highest BCUT2D eigenvalue weighted by Gasteiger charge is 2.42. The Morgan fingerprint density at radius 2 is 0.857 bits per heavy atom. The van der Waals surface area contributed by atoms with E-state index in [4.69, 9.17) is 4.74 Å². The van der Waals surface area contributed by atoms with Gasteiger partial charge in [-0.15, -0.1) is 0 Å². The molecule has 23 heteroatoms. The van der Waals surface area contributed by atoms with E-state index in [0.29, 0.717) is 39.4 Å². The third-order valence-corrected chi connectivity index (χ3v) is 18.4. The van der Waals surface area contributed by atoms with Crippen LogP contribution < -0.4 is 41.9 Å². The van der Waals surface area contributed by atoms with Gasteiger partial charge in [0.15, 0.2) is 0 Å². The van der Waals surface area contributed by atoms with Crippen LogP contribution in [0.25, 0.3) is 0 Å². The fourth-order valence-electron chi connectivity index (χ4n) is 10.2. The van der Waals surface area contributed by atoms with Gasteiger partial charge in [0.2, 0.25) is 45.5 Å². The standard InChI is InChI=1S/C68H84N8O13SSi/c1-46(70-63(83)59(47(2)77)74-61(81)54(73-65(86)89-66(3,4)5)40-27-41-69-90(87,88)42-43-91(6,7)8)60(80)71-55(44-57(78)75-67(48-28-15-9-16-29-48,49-30-17-10-18-31-49)50-32-19-11-20-33-50)62(82)72-56(64(84)85)45-58(79)76-68(51-34-21-12-22-35-51,52-36-23-13-24-37-52)53-38-25-14-26-39-53/h9-26,28-39,46-47,54-56,59,69,77H,27,40-45H2,1-8H3,(H,70,83)(H,71,80)(H,72,82)(H,73,86)(H,74,81)(H,75,78)(H,76,79)(H,84,85)/t46-,47+,54-,55-,56+,59-/m0/s1. The van der Waals surface area contributed by atoms with Gasteiger partial charge in [0, 0.05) is 14.6 Å². The summed E-state index contributed by atoms with van der Waals surface area (Å²) in [6.07, 6.45) is -4.44. The van der Waals surface area contributed by atoms with Gasteiger partial charge in [-0.3, -0.25) is 28.8 Å². The lowest BCUT2D eigenvalue weighted by molar-refractivity contribution is -0.144. The highest BCUT2D eigenvalue weighted by molar-refractivity contribution is 7.89. The van der Waals surface area contributed by atoms with Gasteiger partial charge in [0.05, 0.1) is 24.7 Å². The summed E-state index contributed by atoms with van der Waals surface area (Å²) in [6, 6.07) is 46.0. The second-order valence-electron chi connectivity index (χ2n) is 24.5. The van der Waals surface area contributed by atoms with Gasteiger partial charge < -0.3 is 52.2 Å². The first-order chi connectivity index (χ1) is 43.0. The number of carbonyl (C=O) groups is 8. The number of sulfonamides is 1. The number of benzene rings is 6. The van der Waals surface area contributed by atoms with Crippen LogP contribution in [0.1, 0.15) is 93.7 Å². The summed E-state index contributed by atoms with van der Waals surface area (Å²) in [5.74, 6) is -7.71. The largest absolute Gasteiger partial charge is 0.480 e. The number of amides is 7. The summed E-state index contributed by atoms with van der Waals surface area (Å²) in [6.45, 7) is 13.2. The maximum atomic E-state index is 15.0. The summed E-state index contributed by atoms with van der Waals surface area (Å²) in [7, 11) is -5.37. The summed E-state index contributed by atoms with van der Waals surface area (Å²) in [4.78, 5) is 113. The molecule has 0 spiro atoms. The molecule has 0 aliphatic heterocycles. The topological polar surface area (TPSA) is 317 Å². The fourth-order valence-corrected chi connectivity index (χ4v) is 14.3. The van der Waals surface area contributed by atoms with Crippen molar-refractivity contribution >= 4 is 65.6 Å². The van der Waals surface area contributed by atoms with E-state index in [2.05, 4.69) is 41.9 Å². The van der Waals surface area contributed by atoms with Crippen molar-refractivity contribution in [3.05, 3.63) is 215 Å². The Bertz CT molecular complexity index is 3330. The number of hydrogen-bond donors (Lipinski definition) is 10. The number of aliphatic carboxylic acids is 1. The molecule has 10 N–H and O–H groups in total. The molecule has 0 unspecified atom stereocenters. The maximum absolute atomic E-state index is 15.0. The lowest BCUT2D eigenvalue weighted by Gasteiger charge is -2.37. The molecular formula is C68H84N8O13SSi. The van der Waals surface area contributed by atoms with Crippen molar-refractivity contribution in [2.75, 3.05) is 12.3 Å². The quantitative estimate of drug-likeness (QED) is 0.0129. The normalized spacial score (nSPS) is 13.9. The van der Waals surface area contributed by atoms with Gasteiger partial charge in [-0.25, -0.2) is 22.7 Å². The molecule has 21 nitrogen and oxygen atoms in total. The summed E-state index contributed by atoms with van der Waals surface area (Å²) >= 11 is 0. The zero-order valence-electron chi connectivity index (χ0n) is 52.5. The van der Waals surface area contributed by atoms with E-state index in [0.717, 1.165) is 0 Å². The average Bonchev–Trinajstić information content (AvgIpc) is 0.788. The van der Waals surface area contributed by atoms with E-state index < -0.39 is 131 Å². The zero-order valence-corrected chi connectivity index (χ0v) is 54.3. The van der Waals surface area contributed by atoms with Crippen LogP contribution in [0, 0.1) is 0 Å². The molecule has 484 valence electrons. The third kappa shape index (κ3) is 20.5. The van der Waals surface area contributed by atoms with Crippen molar-refractivity contribution in [2.45, 2.75) is 139 Å². The Hall–Kier alpha value is -9.03. The van der Waals surface area contributed by atoms with Gasteiger partial charge in [0.1, 0.15) is 46.9 Å². The van der Waals surface area contributed by atoms with E-state index in [9.17, 15) is 52.2 Å². The molecule has 0 saturated carbocycles. The van der Waals surface area contributed by atoms with Crippen molar-refractivity contribution in [3.63, 3.8) is 0 Å². The number of aliphatic hydroxyl groups is 1. The summed E-state index contributed by atoms with van der Waals surface area (Å²) in [5, 5.41) is 40.2. The summed E-state index contributed by atoms with van der Waals surface area (Å²) in [5.41, 5.74) is -0.0669. The SMILES string of the molecule is C[C@H](NC(=O)[C@@H](NC(=O)[C@H](CCCNS(=O)(=O)CC[Si](C)(C)C)NC(=O)OC(C)(C)C)[C@@H](C)O)C(=O)N[C@@H](CC(=O)NC(c1ccccc1)(c1ccccc1)c1ccccc1)C(=O)N[C@H](CC(=O)NC(c1ccccc1)(c1ccccc1)c1ccccc1)C(=O)O. The molecule has 6 aromatic carbocycles. The first kappa shape index (κ1) is 71.0. The van der Waals surface area contributed by atoms with Crippen molar-refractivity contribution < 1.29 is 61.7 Å². The van der Waals surface area contributed by atoms with Crippen LogP contribution in [0.4, 0.5) is 4.79 Å². The van der Waals surface area contributed by atoms with E-state index in [1.165, 1.54) is 13.8 Å². The highest BCUT2D eigenvalue weighted by Crippen LogP contribution is 2.38. The Labute approximate surface area is 533 Å². The van der Waals surface area contributed by atoms with Gasteiger partial charge >= 0.3 is 12.1 Å². The molecule has 0 aromatic heterocycles. The maximum Gasteiger partial charge on any atom is 0.408 e. The molecular weight excluding hydrogens is 1200 g/mol. The smallest absolute Gasteiger partial charge is 0.408 e. The van der Waals surface area contributed by atoms with E-state index in [1.807, 2.05) is 111 Å². The Kier molecular flexibility index (Phi) is 25.1. The number of rotatable bonds is 31. The molecule has 0 bridgehead atoms. The Morgan fingerprint density at radius 1 is 0.495 bits per heavy atom. The number of aliphatic hydroxyl groups excluding tert-OH is 1. The Morgan fingerprint density at radius 3 is 1.21 bits per heavy atom. The average molecular weight is 1280 g/mol. The van der Waals surface area contributed by atoms with Gasteiger partial charge in [-0.2, -0.15) is 0 Å². The molecule has 6 atom stereocenters. The van der Waals surface area contributed by atoms with E-state index in [-0.39, 0.29) is 25.1 Å². The molecule has 91 heavy (non-hydrogen) atoms. The van der Waals surface area contributed by atoms with Crippen molar-refractivity contribution in [2.24, 2.45) is 0 Å². The first-order valence-corrected chi connectivity index (χ1v) is 35.4. The van der Waals surface area contributed by atoms with Crippen molar-refractivity contribution in [1.29, 1.82) is 0 Å². The molecule has 0 radical (unpaired) electrons. The van der Waals surface area contributed by atoms with E-state index in [1.54, 1.807) is 112 Å². The molecule has 7 amide bonds. The minimum atomic E-state index is -3.67. The lowest BCUT2D eigenvalue weighted by atomic mass is 9.77. The van der Waals surface area contributed by atoms with Crippen LogP contribution in [0.15, 0.2) is 182 Å². The molecule has 0 aliphatic carbocycles. The van der Waals surface area contributed by atoms with Gasteiger partial charge in [-0.05, 0) is 86.9 Å². The number of carboxylic acids is 1. The second-order valence-corrected chi connectivity index (χ2v) is 32.0. The van der Waals surface area contributed by atoms with Crippen LogP contribution in [0.2, 0.25) is 25.7 Å². The lowest BCUT2D eigenvalue weighted by Crippen LogP contribution is -2.61. The van der Waals surface area contributed by atoms with E-state index >= 15 is 4.79 Å². The molecule has 6 aromatic rings. The third-order valence-electron chi connectivity index (χ3n) is 14.9. The number of nitrogens with one attached hydrogen (secondary N) is 8. The van der Waals surface area contributed by atoms with Crippen LogP contribution in [-0.4, -0.2) is 128 Å². The van der Waals surface area contributed by atoms with Crippen LogP contribution in [0.3, 0.4) is 0 Å². The van der Waals surface area contributed by atoms with Crippen LogP contribution in [-0.2, 0) is 59.4 Å². The molecule has 0 saturated heterocycles. The predicted molar refractivity (Wildman–Crippen MR) is 349 cm³/mol. The minimum Gasteiger partial charge on any atom is -0.480 e. The summed E-state index contributed by atoms with van der Waals surface area (Å²) < 4.78 is 33.5. The number of carbonyl (C=O) groups excluding carboxylic acids is 7. The second kappa shape index (κ2) is 32.1. The zero-order chi connectivity index (χ0) is 66.6. The van der Waals surface area contributed by atoms with Crippen LogP contribution >= 0.6 is 0 Å². The molecule has 0 fully saturated rings. The van der Waals surface area contributed by atoms with Crippen molar-refractivity contribution in [1.82, 2.24) is 41.9 Å². The Balaban J connectivity index is 1.29. The monoisotopic (exact) mass is 1280 g/mol. The molecule has 0 aliphatic rings. The fraction of sp³-hybridized carbons (Fsp3) is 0.353. The number of carboxylic acid groups (broad SMARTS) is 1. The van der Waals surface area contributed by atoms with Crippen LogP contribution in [0.5, 0.6) is 0 Å². The van der Waals surface area contributed by atoms with Crippen molar-refractivity contribution in [3.8, 4) is 0 Å². The number of alkyl carbamates (subject to hydrolysis) is 1. The first-order valence-electron chi connectivity index (χ1n) is 30.1. The molecule has 0 heterocycles. The predicted octanol–water partition coefficient (Wildman–Crippen LogP) is 6.34. The van der Waals surface area contributed by atoms with Gasteiger partial charge in [-0.1, -0.05) is 202 Å². The number of hydrogen-bond acceptors (Lipinski definition) is 12.